The Labute approximate surface area is 282 Å². The van der Waals surface area contributed by atoms with E-state index in [2.05, 4.69) is 32.6 Å². The Morgan fingerprint density at radius 1 is 1.18 bits per heavy atom. The molecule has 1 N–H and O–H groups in total. The lowest BCUT2D eigenvalue weighted by Gasteiger charge is -2.54. The van der Waals surface area contributed by atoms with Gasteiger partial charge in [-0.05, 0) is 61.1 Å². The molecule has 13 heteroatoms. The van der Waals surface area contributed by atoms with Crippen molar-refractivity contribution in [1.29, 1.82) is 5.26 Å². The number of benzene rings is 2. The number of nitrogens with zero attached hydrogens (tertiary/aromatic N) is 7. The zero-order chi connectivity index (χ0) is 34.5. The number of carbonyl (C=O) groups is 1. The number of ether oxygens (including phenoxy) is 1. The first kappa shape index (κ1) is 32.8. The Morgan fingerprint density at radius 3 is 2.61 bits per heavy atom. The number of aromatic nitrogens is 4. The molecule has 1 amide bonds. The summed E-state index contributed by atoms with van der Waals surface area (Å²) in [5.74, 6) is 1.26. The van der Waals surface area contributed by atoms with Gasteiger partial charge in [0.05, 0.1) is 17.8 Å². The fourth-order valence-corrected chi connectivity index (χ4v) is 7.70. The van der Waals surface area contributed by atoms with Gasteiger partial charge < -0.3 is 19.4 Å². The molecule has 0 bridgehead atoms. The predicted molar refractivity (Wildman–Crippen MR) is 180 cm³/mol. The SMILES string of the molecule is C=CC(=O)N1CC2(CCN(c3nc(C4CN(CCC#N)C4)nc4c(OCC(F)(F)F)c(-c5c(C)ccc6[nH]ncc56)c(CC)cc34)CC2)C1. The third-order valence-corrected chi connectivity index (χ3v) is 10.4. The van der Waals surface area contributed by atoms with Crippen LogP contribution in [0.15, 0.2) is 37.1 Å². The molecule has 10 nitrogen and oxygen atoms in total. The maximum atomic E-state index is 13.9. The van der Waals surface area contributed by atoms with Crippen molar-refractivity contribution >= 4 is 33.5 Å². The van der Waals surface area contributed by atoms with E-state index in [0.717, 1.165) is 40.4 Å². The van der Waals surface area contributed by atoms with E-state index in [9.17, 15) is 18.0 Å². The van der Waals surface area contributed by atoms with Gasteiger partial charge in [0.25, 0.3) is 0 Å². The van der Waals surface area contributed by atoms with Crippen LogP contribution < -0.4 is 9.64 Å². The van der Waals surface area contributed by atoms with Crippen LogP contribution in [0, 0.1) is 23.7 Å². The topological polar surface area (TPSA) is 114 Å². The number of rotatable bonds is 9. The van der Waals surface area contributed by atoms with Gasteiger partial charge >= 0.3 is 6.18 Å². The van der Waals surface area contributed by atoms with Crippen molar-refractivity contribution < 1.29 is 22.7 Å². The number of hydrogen-bond donors (Lipinski definition) is 1. The number of carbonyl (C=O) groups excluding carboxylic acids is 1. The van der Waals surface area contributed by atoms with Crippen LogP contribution in [0.3, 0.4) is 0 Å². The summed E-state index contributed by atoms with van der Waals surface area (Å²) in [7, 11) is 0. The molecule has 0 radical (unpaired) electrons. The lowest BCUT2D eigenvalue weighted by molar-refractivity contribution is -0.153. The van der Waals surface area contributed by atoms with Crippen molar-refractivity contribution in [3.8, 4) is 22.9 Å². The zero-order valence-electron chi connectivity index (χ0n) is 27.7. The Balaban J connectivity index is 1.37. The number of H-pyrrole nitrogens is 1. The molecule has 49 heavy (non-hydrogen) atoms. The van der Waals surface area contributed by atoms with E-state index in [0.29, 0.717) is 86.8 Å². The summed E-state index contributed by atoms with van der Waals surface area (Å²) in [4.78, 5) is 28.5. The Hall–Kier alpha value is -4.70. The number of halogens is 3. The molecule has 7 rings (SSSR count). The second kappa shape index (κ2) is 12.6. The van der Waals surface area contributed by atoms with Crippen LogP contribution in [0.2, 0.25) is 0 Å². The molecule has 3 aliphatic rings. The standard InChI is InChI=1S/C36H39F3N8O2/c1-4-23-15-25-31(32(49-21-36(37,38)39)30(23)29-22(3)7-8-27-26(29)16-41-44-27)42-33(24-17-45(18-24)12-6-11-40)43-34(25)46-13-9-35(10-14-46)19-47(20-35)28(48)5-2/h5,7-8,15-16,24H,2,4,6,9-10,12-14,17-21H2,1,3H3,(H,41,44). The van der Waals surface area contributed by atoms with Gasteiger partial charge in [0, 0.05) is 79.9 Å². The second-order valence-electron chi connectivity index (χ2n) is 13.6. The van der Waals surface area contributed by atoms with Crippen LogP contribution in [0.1, 0.15) is 49.1 Å². The fourth-order valence-electron chi connectivity index (χ4n) is 7.70. The fraction of sp³-hybridized carbons (Fsp3) is 0.472. The number of nitriles is 1. The first-order chi connectivity index (χ1) is 23.5. The number of fused-ring (bicyclic) bond motifs is 2. The number of anilines is 1. The number of piperidine rings is 1. The minimum atomic E-state index is -4.57. The van der Waals surface area contributed by atoms with Crippen LogP contribution in [0.4, 0.5) is 19.0 Å². The molecule has 2 aromatic carbocycles. The van der Waals surface area contributed by atoms with E-state index >= 15 is 0 Å². The Kier molecular flexibility index (Phi) is 8.47. The van der Waals surface area contributed by atoms with E-state index in [-0.39, 0.29) is 23.0 Å². The average molecular weight is 673 g/mol. The highest BCUT2D eigenvalue weighted by Crippen LogP contribution is 2.48. The van der Waals surface area contributed by atoms with Gasteiger partial charge in [-0.3, -0.25) is 9.89 Å². The lowest BCUT2D eigenvalue weighted by Crippen LogP contribution is -2.61. The van der Waals surface area contributed by atoms with E-state index in [1.165, 1.54) is 6.08 Å². The minimum Gasteiger partial charge on any atom is -0.481 e. The maximum Gasteiger partial charge on any atom is 0.422 e. The summed E-state index contributed by atoms with van der Waals surface area (Å²) >= 11 is 0. The molecule has 3 fully saturated rings. The summed E-state index contributed by atoms with van der Waals surface area (Å²) < 4.78 is 47.5. The number of nitrogens with one attached hydrogen (secondary N) is 1. The molecule has 4 aromatic rings. The lowest BCUT2D eigenvalue weighted by atomic mass is 9.72. The number of hydrogen-bond acceptors (Lipinski definition) is 8. The molecule has 256 valence electrons. The average Bonchev–Trinajstić information content (AvgIpc) is 3.53. The van der Waals surface area contributed by atoms with Gasteiger partial charge in [0.1, 0.15) is 17.2 Å². The number of alkyl halides is 3. The van der Waals surface area contributed by atoms with Crippen LogP contribution in [-0.2, 0) is 11.2 Å². The molecule has 5 heterocycles. The van der Waals surface area contributed by atoms with Gasteiger partial charge in [-0.25, -0.2) is 9.97 Å². The van der Waals surface area contributed by atoms with E-state index in [4.69, 9.17) is 20.0 Å². The largest absolute Gasteiger partial charge is 0.481 e. The van der Waals surface area contributed by atoms with Crippen LogP contribution >= 0.6 is 0 Å². The van der Waals surface area contributed by atoms with E-state index in [1.54, 1.807) is 6.20 Å². The van der Waals surface area contributed by atoms with Gasteiger partial charge in [0.2, 0.25) is 5.91 Å². The Bertz CT molecular complexity index is 1960. The molecule has 0 atom stereocenters. The monoisotopic (exact) mass is 672 g/mol. The summed E-state index contributed by atoms with van der Waals surface area (Å²) in [5, 5.41) is 17.7. The summed E-state index contributed by atoms with van der Waals surface area (Å²) in [5.41, 5.74) is 4.23. The second-order valence-corrected chi connectivity index (χ2v) is 13.6. The van der Waals surface area contributed by atoms with Crippen molar-refractivity contribution in [2.75, 3.05) is 57.3 Å². The third-order valence-electron chi connectivity index (χ3n) is 10.4. The summed E-state index contributed by atoms with van der Waals surface area (Å²) in [6.45, 7) is 10.8. The quantitative estimate of drug-likeness (QED) is 0.218. The van der Waals surface area contributed by atoms with Crippen LogP contribution in [-0.4, -0.2) is 94.5 Å². The zero-order valence-corrected chi connectivity index (χ0v) is 27.7. The normalized spacial score (nSPS) is 18.0. The molecule has 3 aliphatic heterocycles. The number of aryl methyl sites for hydroxylation is 2. The van der Waals surface area contributed by atoms with Gasteiger partial charge in [0.15, 0.2) is 12.4 Å². The highest BCUT2D eigenvalue weighted by molar-refractivity contribution is 6.05. The summed E-state index contributed by atoms with van der Waals surface area (Å²) in [6.07, 6.45) is 1.15. The molecular formula is C36H39F3N8O2. The maximum absolute atomic E-state index is 13.9. The number of likely N-dealkylation sites (tertiary alicyclic amines) is 2. The van der Waals surface area contributed by atoms with Crippen molar-refractivity contribution in [3.63, 3.8) is 0 Å². The Morgan fingerprint density at radius 2 is 1.94 bits per heavy atom. The number of aromatic amines is 1. The molecule has 0 unspecified atom stereocenters. The molecule has 0 saturated carbocycles. The third kappa shape index (κ3) is 6.07. The van der Waals surface area contributed by atoms with Gasteiger partial charge in [-0.2, -0.15) is 23.5 Å². The number of amides is 1. The molecule has 1 spiro atoms. The molecule has 2 aromatic heterocycles. The molecular weight excluding hydrogens is 633 g/mol. The van der Waals surface area contributed by atoms with Crippen molar-refractivity contribution in [2.45, 2.75) is 51.6 Å². The van der Waals surface area contributed by atoms with Crippen molar-refractivity contribution in [2.24, 2.45) is 5.41 Å². The van der Waals surface area contributed by atoms with E-state index in [1.807, 2.05) is 36.9 Å². The predicted octanol–water partition coefficient (Wildman–Crippen LogP) is 5.91. The molecule has 3 saturated heterocycles. The first-order valence-electron chi connectivity index (χ1n) is 16.8. The van der Waals surface area contributed by atoms with Gasteiger partial charge in [-0.15, -0.1) is 0 Å². The van der Waals surface area contributed by atoms with Crippen LogP contribution in [0.25, 0.3) is 32.9 Å². The minimum absolute atomic E-state index is 0.0353. The first-order valence-corrected chi connectivity index (χ1v) is 16.8. The van der Waals surface area contributed by atoms with E-state index < -0.39 is 12.8 Å². The van der Waals surface area contributed by atoms with Crippen molar-refractivity contribution in [3.05, 3.63) is 54.0 Å². The van der Waals surface area contributed by atoms with Gasteiger partial charge in [-0.1, -0.05) is 19.6 Å². The smallest absolute Gasteiger partial charge is 0.422 e. The summed E-state index contributed by atoms with van der Waals surface area (Å²) in [6, 6.07) is 8.06. The highest BCUT2D eigenvalue weighted by atomic mass is 19.4. The van der Waals surface area contributed by atoms with Crippen molar-refractivity contribution in [1.82, 2.24) is 30.0 Å². The van der Waals surface area contributed by atoms with Crippen LogP contribution in [0.5, 0.6) is 5.75 Å². The highest BCUT2D eigenvalue weighted by Gasteiger charge is 2.46. The molecule has 0 aliphatic carbocycles.